The van der Waals surface area contributed by atoms with Crippen LogP contribution in [-0.2, 0) is 6.42 Å². The lowest BCUT2D eigenvalue weighted by molar-refractivity contribution is 0.102. The first-order chi connectivity index (χ1) is 9.92. The highest BCUT2D eigenvalue weighted by atomic mass is 32.1. The normalized spacial score (nSPS) is 15.2. The van der Waals surface area contributed by atoms with Gasteiger partial charge in [-0.3, -0.25) is 10.1 Å². The van der Waals surface area contributed by atoms with Gasteiger partial charge in [-0.05, 0) is 24.7 Å². The zero-order chi connectivity index (χ0) is 15.0. The minimum Gasteiger partial charge on any atom is -0.447 e. The summed E-state index contributed by atoms with van der Waals surface area (Å²) in [6, 6.07) is 0. The van der Waals surface area contributed by atoms with Crippen LogP contribution >= 0.6 is 11.3 Å². The van der Waals surface area contributed by atoms with E-state index < -0.39 is 0 Å². The molecule has 0 saturated heterocycles. The number of hydrogen-bond acceptors (Lipinski definition) is 5. The molecule has 1 amide bonds. The molecule has 21 heavy (non-hydrogen) atoms. The highest BCUT2D eigenvalue weighted by Crippen LogP contribution is 2.41. The van der Waals surface area contributed by atoms with E-state index in [0.29, 0.717) is 22.5 Å². The van der Waals surface area contributed by atoms with E-state index in [1.807, 2.05) is 5.38 Å². The molecule has 3 rings (SSSR count). The highest BCUT2D eigenvalue weighted by molar-refractivity contribution is 7.13. The average Bonchev–Trinajstić information content (AvgIpc) is 2.94. The number of nitrogens with zero attached hydrogens (tertiary/aromatic N) is 2. The number of rotatable bonds is 4. The van der Waals surface area contributed by atoms with Crippen LogP contribution in [0.5, 0.6) is 0 Å². The van der Waals surface area contributed by atoms with Gasteiger partial charge in [0, 0.05) is 11.3 Å². The molecule has 2 heterocycles. The van der Waals surface area contributed by atoms with Crippen molar-refractivity contribution in [3.8, 4) is 0 Å². The zero-order valence-electron chi connectivity index (χ0n) is 12.5. The number of anilines is 1. The number of aromatic nitrogens is 2. The van der Waals surface area contributed by atoms with Crippen LogP contribution in [0.1, 0.15) is 61.5 Å². The van der Waals surface area contributed by atoms with E-state index in [4.69, 9.17) is 4.42 Å². The molecule has 2 aromatic rings. The Balaban J connectivity index is 1.68. The van der Waals surface area contributed by atoms with Crippen molar-refractivity contribution in [2.45, 2.75) is 46.0 Å². The smallest absolute Gasteiger partial charge is 0.279 e. The Morgan fingerprint density at radius 1 is 1.48 bits per heavy atom. The summed E-state index contributed by atoms with van der Waals surface area (Å²) in [6.45, 7) is 6.51. The molecule has 1 N–H and O–H groups in total. The van der Waals surface area contributed by atoms with Crippen molar-refractivity contribution in [1.29, 1.82) is 0 Å². The number of nitrogens with one attached hydrogen (secondary N) is 1. The molecule has 1 saturated carbocycles. The van der Waals surface area contributed by atoms with Crippen LogP contribution < -0.4 is 5.32 Å². The Morgan fingerprint density at radius 2 is 2.24 bits per heavy atom. The third kappa shape index (κ3) is 3.50. The number of carbonyl (C=O) groups is 1. The summed E-state index contributed by atoms with van der Waals surface area (Å²) in [5.41, 5.74) is 1.58. The van der Waals surface area contributed by atoms with Crippen molar-refractivity contribution < 1.29 is 9.21 Å². The summed E-state index contributed by atoms with van der Waals surface area (Å²) in [6.07, 6.45) is 4.37. The summed E-state index contributed by atoms with van der Waals surface area (Å²) in [5, 5.41) is 5.43. The maximum Gasteiger partial charge on any atom is 0.279 e. The van der Waals surface area contributed by atoms with E-state index in [1.54, 1.807) is 0 Å². The lowest BCUT2D eigenvalue weighted by Crippen LogP contribution is -2.14. The standard InChI is InChI=1S/C15H19N3O2S/c1-15(2,3)6-10-7-21-14(17-10)18-13(19)11-12(9-4-5-9)20-8-16-11/h7-9H,4-6H2,1-3H3,(H,17,18,19). The Hall–Kier alpha value is -1.69. The number of oxazole rings is 1. The average molecular weight is 305 g/mol. The van der Waals surface area contributed by atoms with Gasteiger partial charge in [-0.25, -0.2) is 9.97 Å². The molecule has 6 heteroatoms. The van der Waals surface area contributed by atoms with Crippen molar-refractivity contribution in [3.05, 3.63) is 28.9 Å². The molecule has 1 fully saturated rings. The third-order valence-electron chi connectivity index (χ3n) is 3.24. The second-order valence-corrected chi connectivity index (χ2v) is 7.53. The summed E-state index contributed by atoms with van der Waals surface area (Å²) in [7, 11) is 0. The van der Waals surface area contributed by atoms with Gasteiger partial charge in [-0.15, -0.1) is 11.3 Å². The Morgan fingerprint density at radius 3 is 2.90 bits per heavy atom. The Kier molecular flexibility index (Phi) is 3.57. The fraction of sp³-hybridized carbons (Fsp3) is 0.533. The monoisotopic (exact) mass is 305 g/mol. The maximum atomic E-state index is 12.3. The van der Waals surface area contributed by atoms with E-state index in [0.717, 1.165) is 25.0 Å². The van der Waals surface area contributed by atoms with E-state index >= 15 is 0 Å². The number of thiazole rings is 1. The molecule has 0 bridgehead atoms. The fourth-order valence-corrected chi connectivity index (χ4v) is 2.91. The predicted molar refractivity (Wildman–Crippen MR) is 81.7 cm³/mol. The van der Waals surface area contributed by atoms with E-state index in [1.165, 1.54) is 17.7 Å². The summed E-state index contributed by atoms with van der Waals surface area (Å²) in [4.78, 5) is 20.8. The molecule has 0 radical (unpaired) electrons. The summed E-state index contributed by atoms with van der Waals surface area (Å²) >= 11 is 1.44. The van der Waals surface area contributed by atoms with Crippen molar-refractivity contribution in [2.24, 2.45) is 5.41 Å². The molecule has 0 atom stereocenters. The predicted octanol–water partition coefficient (Wildman–Crippen LogP) is 3.85. The van der Waals surface area contributed by atoms with Crippen molar-refractivity contribution in [2.75, 3.05) is 5.32 Å². The van der Waals surface area contributed by atoms with Crippen LogP contribution in [0.3, 0.4) is 0 Å². The first-order valence-electron chi connectivity index (χ1n) is 7.11. The topological polar surface area (TPSA) is 68.0 Å². The second-order valence-electron chi connectivity index (χ2n) is 6.68. The second kappa shape index (κ2) is 5.26. The van der Waals surface area contributed by atoms with Gasteiger partial charge >= 0.3 is 0 Å². The quantitative estimate of drug-likeness (QED) is 0.931. The largest absolute Gasteiger partial charge is 0.447 e. The molecule has 112 valence electrons. The number of amides is 1. The van der Waals surface area contributed by atoms with E-state index in [-0.39, 0.29) is 11.3 Å². The van der Waals surface area contributed by atoms with Crippen molar-refractivity contribution >= 4 is 22.4 Å². The van der Waals surface area contributed by atoms with Gasteiger partial charge in [0.2, 0.25) is 0 Å². The van der Waals surface area contributed by atoms with Crippen molar-refractivity contribution in [1.82, 2.24) is 9.97 Å². The van der Waals surface area contributed by atoms with Crippen LogP contribution in [0.4, 0.5) is 5.13 Å². The van der Waals surface area contributed by atoms with Gasteiger partial charge < -0.3 is 4.42 Å². The van der Waals surface area contributed by atoms with Crippen LogP contribution in [-0.4, -0.2) is 15.9 Å². The highest BCUT2D eigenvalue weighted by Gasteiger charge is 2.32. The molecular formula is C15H19N3O2S. The fourth-order valence-electron chi connectivity index (χ4n) is 2.21. The van der Waals surface area contributed by atoms with Crippen LogP contribution in [0.15, 0.2) is 16.2 Å². The molecule has 0 aliphatic heterocycles. The van der Waals surface area contributed by atoms with Gasteiger partial charge in [0.05, 0.1) is 5.69 Å². The maximum absolute atomic E-state index is 12.3. The first-order valence-corrected chi connectivity index (χ1v) is 7.99. The Bertz CT molecular complexity index is 650. The first kappa shape index (κ1) is 14.3. The molecule has 0 unspecified atom stereocenters. The van der Waals surface area contributed by atoms with E-state index in [2.05, 4.69) is 36.1 Å². The molecule has 1 aliphatic rings. The summed E-state index contributed by atoms with van der Waals surface area (Å²) < 4.78 is 5.33. The van der Waals surface area contributed by atoms with Gasteiger partial charge in [0.25, 0.3) is 5.91 Å². The van der Waals surface area contributed by atoms with Gasteiger partial charge in [0.1, 0.15) is 5.76 Å². The minimum atomic E-state index is -0.234. The molecule has 1 aliphatic carbocycles. The van der Waals surface area contributed by atoms with Crippen molar-refractivity contribution in [3.63, 3.8) is 0 Å². The molecular weight excluding hydrogens is 286 g/mol. The zero-order valence-corrected chi connectivity index (χ0v) is 13.3. The van der Waals surface area contributed by atoms with Crippen LogP contribution in [0.25, 0.3) is 0 Å². The minimum absolute atomic E-state index is 0.181. The lowest BCUT2D eigenvalue weighted by Gasteiger charge is -2.15. The third-order valence-corrected chi connectivity index (χ3v) is 4.05. The SMILES string of the molecule is CC(C)(C)Cc1csc(NC(=O)c2ncoc2C2CC2)n1. The van der Waals surface area contributed by atoms with E-state index in [9.17, 15) is 4.79 Å². The molecule has 2 aromatic heterocycles. The lowest BCUT2D eigenvalue weighted by atomic mass is 9.91. The number of carbonyl (C=O) groups excluding carboxylic acids is 1. The van der Waals surface area contributed by atoms with Gasteiger partial charge in [0.15, 0.2) is 17.2 Å². The van der Waals surface area contributed by atoms with Gasteiger partial charge in [-0.1, -0.05) is 20.8 Å². The van der Waals surface area contributed by atoms with Crippen LogP contribution in [0.2, 0.25) is 0 Å². The summed E-state index contributed by atoms with van der Waals surface area (Å²) in [5.74, 6) is 0.835. The molecule has 5 nitrogen and oxygen atoms in total. The van der Waals surface area contributed by atoms with Gasteiger partial charge in [-0.2, -0.15) is 0 Å². The molecule has 0 spiro atoms. The van der Waals surface area contributed by atoms with Crippen LogP contribution in [0, 0.1) is 5.41 Å². The number of hydrogen-bond donors (Lipinski definition) is 1. The molecule has 0 aromatic carbocycles. The Labute approximate surface area is 127 Å².